The number of nitrogens with one attached hydrogen (secondary N) is 1. The number of piperidine rings is 1. The fourth-order valence-corrected chi connectivity index (χ4v) is 3.65. The summed E-state index contributed by atoms with van der Waals surface area (Å²) < 4.78 is 1.89. The number of urea groups is 1. The third kappa shape index (κ3) is 4.67. The molecule has 27 heavy (non-hydrogen) atoms. The maximum atomic E-state index is 12.6. The van der Waals surface area contributed by atoms with E-state index in [9.17, 15) is 9.59 Å². The van der Waals surface area contributed by atoms with E-state index in [0.29, 0.717) is 12.1 Å². The molecule has 144 valence electrons. The van der Waals surface area contributed by atoms with Crippen molar-refractivity contribution in [3.05, 3.63) is 48.5 Å². The van der Waals surface area contributed by atoms with Crippen molar-refractivity contribution in [2.75, 3.05) is 6.54 Å². The van der Waals surface area contributed by atoms with E-state index in [1.54, 1.807) is 17.4 Å². The van der Waals surface area contributed by atoms with Gasteiger partial charge >= 0.3 is 6.03 Å². The minimum Gasteiger partial charge on any atom is -0.351 e. The van der Waals surface area contributed by atoms with E-state index in [4.69, 9.17) is 5.73 Å². The SMILES string of the molecule is CCCCC1CC(NC(=O)c2ccc(-n3ccnc3)cc2)CCN1C(N)=O. The normalized spacial score (nSPS) is 19.7. The highest BCUT2D eigenvalue weighted by molar-refractivity contribution is 5.94. The molecule has 7 heteroatoms. The van der Waals surface area contributed by atoms with E-state index in [2.05, 4.69) is 17.2 Å². The van der Waals surface area contributed by atoms with Crippen LogP contribution in [0.1, 0.15) is 49.4 Å². The van der Waals surface area contributed by atoms with Gasteiger partial charge in [-0.15, -0.1) is 0 Å². The summed E-state index contributed by atoms with van der Waals surface area (Å²) in [7, 11) is 0. The van der Waals surface area contributed by atoms with Gasteiger partial charge in [-0.1, -0.05) is 19.8 Å². The predicted octanol–water partition coefficient (Wildman–Crippen LogP) is 2.70. The van der Waals surface area contributed by atoms with Crippen molar-refractivity contribution in [2.24, 2.45) is 5.73 Å². The lowest BCUT2D eigenvalue weighted by Crippen LogP contribution is -2.53. The zero-order valence-electron chi connectivity index (χ0n) is 15.7. The molecule has 7 nitrogen and oxygen atoms in total. The van der Waals surface area contributed by atoms with E-state index in [-0.39, 0.29) is 24.0 Å². The highest BCUT2D eigenvalue weighted by Crippen LogP contribution is 2.22. The van der Waals surface area contributed by atoms with E-state index < -0.39 is 0 Å². The van der Waals surface area contributed by atoms with Crippen molar-refractivity contribution in [1.29, 1.82) is 0 Å². The Labute approximate surface area is 159 Å². The Morgan fingerprint density at radius 1 is 1.30 bits per heavy atom. The molecule has 0 aliphatic carbocycles. The predicted molar refractivity (Wildman–Crippen MR) is 104 cm³/mol. The first-order valence-corrected chi connectivity index (χ1v) is 9.53. The quantitative estimate of drug-likeness (QED) is 0.820. The fourth-order valence-electron chi connectivity index (χ4n) is 3.65. The van der Waals surface area contributed by atoms with Gasteiger partial charge in [0.25, 0.3) is 5.91 Å². The van der Waals surface area contributed by atoms with Crippen LogP contribution in [0, 0.1) is 0 Å². The van der Waals surface area contributed by atoms with E-state index in [0.717, 1.165) is 37.8 Å². The van der Waals surface area contributed by atoms with Gasteiger partial charge in [-0.05, 0) is 43.5 Å². The number of carbonyl (C=O) groups excluding carboxylic acids is 2. The van der Waals surface area contributed by atoms with Gasteiger partial charge in [0.2, 0.25) is 0 Å². The lowest BCUT2D eigenvalue weighted by Gasteiger charge is -2.39. The molecule has 2 unspecified atom stereocenters. The van der Waals surface area contributed by atoms with Crippen molar-refractivity contribution in [2.45, 2.75) is 51.1 Å². The first kappa shape index (κ1) is 18.9. The van der Waals surface area contributed by atoms with Crippen LogP contribution >= 0.6 is 0 Å². The number of nitrogens with two attached hydrogens (primary N) is 1. The first-order valence-electron chi connectivity index (χ1n) is 9.53. The van der Waals surface area contributed by atoms with Crippen LogP contribution < -0.4 is 11.1 Å². The van der Waals surface area contributed by atoms with Gasteiger partial charge in [-0.2, -0.15) is 0 Å². The van der Waals surface area contributed by atoms with Gasteiger partial charge in [-0.3, -0.25) is 4.79 Å². The molecule has 1 saturated heterocycles. The van der Waals surface area contributed by atoms with Crippen LogP contribution in [0.3, 0.4) is 0 Å². The van der Waals surface area contributed by atoms with Crippen LogP contribution in [-0.4, -0.2) is 45.0 Å². The van der Waals surface area contributed by atoms with E-state index >= 15 is 0 Å². The van der Waals surface area contributed by atoms with Crippen LogP contribution in [0.5, 0.6) is 0 Å². The molecule has 3 N–H and O–H groups in total. The zero-order valence-corrected chi connectivity index (χ0v) is 15.7. The molecule has 1 aliphatic heterocycles. The van der Waals surface area contributed by atoms with Crippen LogP contribution in [0.4, 0.5) is 4.79 Å². The summed E-state index contributed by atoms with van der Waals surface area (Å²) in [5.74, 6) is -0.0843. The number of hydrogen-bond donors (Lipinski definition) is 2. The van der Waals surface area contributed by atoms with Crippen LogP contribution in [0.2, 0.25) is 0 Å². The van der Waals surface area contributed by atoms with Crippen molar-refractivity contribution in [3.63, 3.8) is 0 Å². The maximum Gasteiger partial charge on any atom is 0.315 e. The molecule has 2 atom stereocenters. The lowest BCUT2D eigenvalue weighted by atomic mass is 9.93. The molecule has 0 saturated carbocycles. The van der Waals surface area contributed by atoms with Crippen LogP contribution in [0.25, 0.3) is 5.69 Å². The molecule has 2 aromatic rings. The standard InChI is InChI=1S/C20H27N5O2/c1-2-3-4-18-13-16(9-11-25(18)20(21)27)23-19(26)15-5-7-17(8-6-15)24-12-10-22-14-24/h5-8,10,12,14,16,18H,2-4,9,11,13H2,1H3,(H2,21,27)(H,23,26). The first-order chi connectivity index (χ1) is 13.1. The van der Waals surface area contributed by atoms with Crippen molar-refractivity contribution in [1.82, 2.24) is 19.8 Å². The number of likely N-dealkylation sites (tertiary alicyclic amines) is 1. The zero-order chi connectivity index (χ0) is 19.2. The molecule has 3 amide bonds. The number of amides is 3. The van der Waals surface area contributed by atoms with Gasteiger partial charge in [0, 0.05) is 42.3 Å². The number of carbonyl (C=O) groups is 2. The van der Waals surface area contributed by atoms with E-state index in [1.807, 2.05) is 35.0 Å². The molecule has 1 fully saturated rings. The molecule has 1 aliphatic rings. The summed E-state index contributed by atoms with van der Waals surface area (Å²) >= 11 is 0. The fraction of sp³-hybridized carbons (Fsp3) is 0.450. The van der Waals surface area contributed by atoms with Crippen molar-refractivity contribution in [3.8, 4) is 5.69 Å². The number of nitrogens with zero attached hydrogens (tertiary/aromatic N) is 3. The van der Waals surface area contributed by atoms with Crippen LogP contribution in [0.15, 0.2) is 43.0 Å². The molecular formula is C20H27N5O2. The summed E-state index contributed by atoms with van der Waals surface area (Å²) in [5, 5.41) is 3.12. The Morgan fingerprint density at radius 3 is 2.70 bits per heavy atom. The number of primary amides is 1. The highest BCUT2D eigenvalue weighted by Gasteiger charge is 2.30. The minimum atomic E-state index is -0.365. The lowest BCUT2D eigenvalue weighted by molar-refractivity contribution is 0.0889. The number of rotatable bonds is 6. The molecule has 1 aromatic carbocycles. The second-order valence-electron chi connectivity index (χ2n) is 7.04. The van der Waals surface area contributed by atoms with Gasteiger partial charge in [0.15, 0.2) is 0 Å². The number of hydrogen-bond acceptors (Lipinski definition) is 3. The number of benzene rings is 1. The number of unbranched alkanes of at least 4 members (excludes halogenated alkanes) is 1. The molecule has 0 bridgehead atoms. The summed E-state index contributed by atoms with van der Waals surface area (Å²) in [6.45, 7) is 2.72. The van der Waals surface area contributed by atoms with Crippen LogP contribution in [-0.2, 0) is 0 Å². The Balaban J connectivity index is 1.60. The van der Waals surface area contributed by atoms with Gasteiger partial charge in [0.05, 0.1) is 6.33 Å². The Morgan fingerprint density at radius 2 is 2.07 bits per heavy atom. The summed E-state index contributed by atoms with van der Waals surface area (Å²) in [6, 6.07) is 7.23. The van der Waals surface area contributed by atoms with Gasteiger partial charge in [-0.25, -0.2) is 9.78 Å². The summed E-state index contributed by atoms with van der Waals surface area (Å²) in [6.07, 6.45) is 9.82. The molecular weight excluding hydrogens is 342 g/mol. The second-order valence-corrected chi connectivity index (χ2v) is 7.04. The Bertz CT molecular complexity index is 757. The van der Waals surface area contributed by atoms with E-state index in [1.165, 1.54) is 0 Å². The molecule has 1 aromatic heterocycles. The molecule has 0 spiro atoms. The average Bonchev–Trinajstić information content (AvgIpc) is 3.21. The third-order valence-corrected chi connectivity index (χ3v) is 5.16. The molecule has 3 rings (SSSR count). The van der Waals surface area contributed by atoms with Crippen molar-refractivity contribution < 1.29 is 9.59 Å². The maximum absolute atomic E-state index is 12.6. The smallest absolute Gasteiger partial charge is 0.315 e. The monoisotopic (exact) mass is 369 g/mol. The third-order valence-electron chi connectivity index (χ3n) is 5.16. The van der Waals surface area contributed by atoms with Gasteiger partial charge in [0.1, 0.15) is 0 Å². The average molecular weight is 369 g/mol. The van der Waals surface area contributed by atoms with Crippen molar-refractivity contribution >= 4 is 11.9 Å². The van der Waals surface area contributed by atoms with Gasteiger partial charge < -0.3 is 20.5 Å². The number of imidazole rings is 1. The highest BCUT2D eigenvalue weighted by atomic mass is 16.2. The number of aromatic nitrogens is 2. The Kier molecular flexibility index (Phi) is 6.11. The Hall–Kier alpha value is -2.83. The largest absolute Gasteiger partial charge is 0.351 e. The molecule has 2 heterocycles. The minimum absolute atomic E-state index is 0.0586. The topological polar surface area (TPSA) is 93.2 Å². The summed E-state index contributed by atoms with van der Waals surface area (Å²) in [4.78, 5) is 30.0. The second kappa shape index (κ2) is 8.70. The summed E-state index contributed by atoms with van der Waals surface area (Å²) in [5.41, 5.74) is 7.10. The molecule has 0 radical (unpaired) electrons.